The molecule has 6 nitrogen and oxygen atoms in total. The van der Waals surface area contributed by atoms with Crippen LogP contribution in [0.3, 0.4) is 0 Å². The molecular weight excluding hydrogens is 350 g/mol. The fraction of sp³-hybridized carbons (Fsp3) is 0.409. The number of fused-ring (bicyclic) bond motifs is 3. The van der Waals surface area contributed by atoms with Gasteiger partial charge in [0.1, 0.15) is 0 Å². The molecule has 144 valence electrons. The van der Waals surface area contributed by atoms with E-state index < -0.39 is 0 Å². The number of rotatable bonds is 2. The highest BCUT2D eigenvalue weighted by molar-refractivity contribution is 6.07. The van der Waals surface area contributed by atoms with E-state index in [1.54, 1.807) is 4.68 Å². The minimum atomic E-state index is 0.122. The summed E-state index contributed by atoms with van der Waals surface area (Å²) in [5.41, 5.74) is 4.18. The van der Waals surface area contributed by atoms with Gasteiger partial charge in [-0.15, -0.1) is 0 Å². The molecule has 6 heteroatoms. The molecular formula is C22H25N5O. The van der Waals surface area contributed by atoms with Gasteiger partial charge < -0.3 is 10.2 Å². The van der Waals surface area contributed by atoms with Crippen LogP contribution in [0.15, 0.2) is 36.4 Å². The average molecular weight is 375 g/mol. The number of benzene rings is 1. The zero-order valence-corrected chi connectivity index (χ0v) is 16.4. The van der Waals surface area contributed by atoms with Crippen LogP contribution in [0.4, 0.5) is 0 Å². The Labute approximate surface area is 164 Å². The quantitative estimate of drug-likeness (QED) is 0.748. The van der Waals surface area contributed by atoms with Gasteiger partial charge in [-0.1, -0.05) is 30.3 Å². The standard InChI is InChI=1S/C22H25N5O/c1-14-20-18(22(28)27-16-8-9-17(27)13-23-11-10-16)12-19(15-6-4-3-5-7-15)24-21(20)26(2)25-14/h3-7,12,16-17,23H,8-11,13H2,1-2H3. The Hall–Kier alpha value is -2.73. The fourth-order valence-electron chi connectivity index (χ4n) is 4.82. The first-order valence-corrected chi connectivity index (χ1v) is 10.1. The van der Waals surface area contributed by atoms with Crippen molar-refractivity contribution in [3.8, 4) is 11.3 Å². The highest BCUT2D eigenvalue weighted by atomic mass is 16.2. The second-order valence-corrected chi connectivity index (χ2v) is 7.92. The molecule has 2 atom stereocenters. The molecule has 0 saturated carbocycles. The lowest BCUT2D eigenvalue weighted by atomic mass is 10.0. The molecule has 2 aliphatic heterocycles. The molecule has 2 saturated heterocycles. The predicted molar refractivity (Wildman–Crippen MR) is 109 cm³/mol. The summed E-state index contributed by atoms with van der Waals surface area (Å²) in [5.74, 6) is 0.122. The SMILES string of the molecule is Cc1nn(C)c2nc(-c3ccccc3)cc(C(=O)N3C4CCNCC3CC4)c12. The van der Waals surface area contributed by atoms with Gasteiger partial charge in [-0.3, -0.25) is 9.48 Å². The summed E-state index contributed by atoms with van der Waals surface area (Å²) >= 11 is 0. The van der Waals surface area contributed by atoms with Crippen LogP contribution in [-0.4, -0.2) is 50.7 Å². The van der Waals surface area contributed by atoms with E-state index in [9.17, 15) is 4.79 Å². The number of nitrogens with zero attached hydrogens (tertiary/aromatic N) is 4. The molecule has 2 aliphatic rings. The van der Waals surface area contributed by atoms with Gasteiger partial charge in [0.05, 0.1) is 22.3 Å². The molecule has 2 bridgehead atoms. The first kappa shape index (κ1) is 17.4. The molecule has 0 aliphatic carbocycles. The molecule has 28 heavy (non-hydrogen) atoms. The number of nitrogens with one attached hydrogen (secondary N) is 1. The van der Waals surface area contributed by atoms with Gasteiger partial charge in [0, 0.05) is 31.2 Å². The summed E-state index contributed by atoms with van der Waals surface area (Å²) in [7, 11) is 1.89. The van der Waals surface area contributed by atoms with Crippen molar-refractivity contribution in [1.82, 2.24) is 25.0 Å². The summed E-state index contributed by atoms with van der Waals surface area (Å²) in [5, 5.41) is 8.92. The fourth-order valence-corrected chi connectivity index (χ4v) is 4.82. The second kappa shape index (κ2) is 6.71. The molecule has 3 aromatic rings. The molecule has 5 rings (SSSR count). The monoisotopic (exact) mass is 375 g/mol. The zero-order chi connectivity index (χ0) is 19.3. The summed E-state index contributed by atoms with van der Waals surface area (Å²) < 4.78 is 1.78. The van der Waals surface area contributed by atoms with Gasteiger partial charge in [-0.25, -0.2) is 4.98 Å². The topological polar surface area (TPSA) is 63.1 Å². The van der Waals surface area contributed by atoms with E-state index in [0.717, 1.165) is 65.9 Å². The van der Waals surface area contributed by atoms with Gasteiger partial charge >= 0.3 is 0 Å². The largest absolute Gasteiger partial charge is 0.331 e. The van der Waals surface area contributed by atoms with Crippen molar-refractivity contribution in [2.24, 2.45) is 7.05 Å². The molecule has 1 N–H and O–H groups in total. The Bertz CT molecular complexity index is 1030. The van der Waals surface area contributed by atoms with Crippen molar-refractivity contribution in [2.45, 2.75) is 38.3 Å². The summed E-state index contributed by atoms with van der Waals surface area (Å²) in [4.78, 5) is 20.8. The van der Waals surface area contributed by atoms with E-state index in [-0.39, 0.29) is 11.9 Å². The van der Waals surface area contributed by atoms with Gasteiger partial charge in [-0.2, -0.15) is 5.10 Å². The van der Waals surface area contributed by atoms with Crippen molar-refractivity contribution >= 4 is 16.9 Å². The van der Waals surface area contributed by atoms with Gasteiger partial charge in [0.25, 0.3) is 5.91 Å². The van der Waals surface area contributed by atoms with Crippen LogP contribution in [0.2, 0.25) is 0 Å². The van der Waals surface area contributed by atoms with Crippen LogP contribution in [0.25, 0.3) is 22.3 Å². The third kappa shape index (κ3) is 2.71. The van der Waals surface area contributed by atoms with Gasteiger partial charge in [0.15, 0.2) is 5.65 Å². The Morgan fingerprint density at radius 2 is 1.93 bits per heavy atom. The van der Waals surface area contributed by atoms with Crippen molar-refractivity contribution in [3.05, 3.63) is 47.7 Å². The lowest BCUT2D eigenvalue weighted by Gasteiger charge is -2.28. The smallest absolute Gasteiger partial charge is 0.255 e. The van der Waals surface area contributed by atoms with Crippen LogP contribution in [0.5, 0.6) is 0 Å². The maximum Gasteiger partial charge on any atom is 0.255 e. The van der Waals surface area contributed by atoms with E-state index in [0.29, 0.717) is 6.04 Å². The van der Waals surface area contributed by atoms with E-state index in [1.807, 2.05) is 50.4 Å². The van der Waals surface area contributed by atoms with Crippen LogP contribution >= 0.6 is 0 Å². The Morgan fingerprint density at radius 3 is 2.75 bits per heavy atom. The summed E-state index contributed by atoms with van der Waals surface area (Å²) in [6, 6.07) is 12.6. The Morgan fingerprint density at radius 1 is 1.14 bits per heavy atom. The Kier molecular flexibility index (Phi) is 4.16. The van der Waals surface area contributed by atoms with Gasteiger partial charge in [-0.05, 0) is 38.8 Å². The maximum absolute atomic E-state index is 13.8. The number of pyridine rings is 1. The van der Waals surface area contributed by atoms with E-state index in [4.69, 9.17) is 4.98 Å². The van der Waals surface area contributed by atoms with Gasteiger partial charge in [0.2, 0.25) is 0 Å². The molecule has 4 heterocycles. The normalized spacial score (nSPS) is 21.9. The summed E-state index contributed by atoms with van der Waals surface area (Å²) in [6.45, 7) is 3.83. The van der Waals surface area contributed by atoms with Crippen LogP contribution in [0.1, 0.15) is 35.3 Å². The van der Waals surface area contributed by atoms with Crippen LogP contribution < -0.4 is 5.32 Å². The van der Waals surface area contributed by atoms with Crippen LogP contribution in [0, 0.1) is 6.92 Å². The highest BCUT2D eigenvalue weighted by Crippen LogP contribution is 2.33. The third-order valence-corrected chi connectivity index (χ3v) is 6.16. The molecule has 1 aromatic carbocycles. The van der Waals surface area contributed by atoms with E-state index >= 15 is 0 Å². The number of carbonyl (C=O) groups excluding carboxylic acids is 1. The molecule has 2 fully saturated rings. The minimum absolute atomic E-state index is 0.122. The molecule has 0 radical (unpaired) electrons. The lowest BCUT2D eigenvalue weighted by Crippen LogP contribution is -2.42. The van der Waals surface area contributed by atoms with Crippen molar-refractivity contribution < 1.29 is 4.79 Å². The highest BCUT2D eigenvalue weighted by Gasteiger charge is 2.39. The maximum atomic E-state index is 13.8. The zero-order valence-electron chi connectivity index (χ0n) is 16.4. The number of hydrogen-bond acceptors (Lipinski definition) is 4. The van der Waals surface area contributed by atoms with Crippen molar-refractivity contribution in [3.63, 3.8) is 0 Å². The molecule has 1 amide bonds. The molecule has 2 unspecified atom stereocenters. The molecule has 2 aromatic heterocycles. The first-order chi connectivity index (χ1) is 13.6. The minimum Gasteiger partial charge on any atom is -0.331 e. The number of amides is 1. The molecule has 0 spiro atoms. The first-order valence-electron chi connectivity index (χ1n) is 10.1. The number of aromatic nitrogens is 3. The number of hydrogen-bond donors (Lipinski definition) is 1. The van der Waals surface area contributed by atoms with Crippen LogP contribution in [-0.2, 0) is 7.05 Å². The van der Waals surface area contributed by atoms with Crippen molar-refractivity contribution in [1.29, 1.82) is 0 Å². The summed E-state index contributed by atoms with van der Waals surface area (Å²) in [6.07, 6.45) is 3.20. The predicted octanol–water partition coefficient (Wildman–Crippen LogP) is 2.91. The average Bonchev–Trinajstić information content (AvgIpc) is 3.15. The Balaban J connectivity index is 1.68. The van der Waals surface area contributed by atoms with Crippen molar-refractivity contribution in [2.75, 3.05) is 13.1 Å². The second-order valence-electron chi connectivity index (χ2n) is 7.92. The number of aryl methyl sites for hydroxylation is 2. The van der Waals surface area contributed by atoms with E-state index in [2.05, 4.69) is 15.3 Å². The number of carbonyl (C=O) groups is 1. The third-order valence-electron chi connectivity index (χ3n) is 6.16. The lowest BCUT2D eigenvalue weighted by molar-refractivity contribution is 0.0682. The van der Waals surface area contributed by atoms with E-state index in [1.165, 1.54) is 0 Å².